The number of halogens is 1. The molecular formula is C7H5ClO2Pd. The maximum Gasteiger partial charge on any atom is 0.356 e. The number of hydrogen-bond acceptors (Lipinski definition) is 2. The van der Waals surface area contributed by atoms with Crippen LogP contribution in [0.25, 0.3) is 0 Å². The molecule has 0 N–H and O–H groups in total. The summed E-state index contributed by atoms with van der Waals surface area (Å²) in [4.78, 5) is 10.7. The third-order valence-electron chi connectivity index (χ3n) is 1.08. The van der Waals surface area contributed by atoms with Crippen LogP contribution in [0.5, 0.6) is 0 Å². The summed E-state index contributed by atoms with van der Waals surface area (Å²) in [6.45, 7) is 0. The summed E-state index contributed by atoms with van der Waals surface area (Å²) >= 11 is 4.84. The molecule has 0 unspecified atom stereocenters. The molecule has 0 saturated heterocycles. The molecule has 0 atom stereocenters. The van der Waals surface area contributed by atoms with Crippen molar-refractivity contribution in [3.05, 3.63) is 35.9 Å². The van der Waals surface area contributed by atoms with E-state index in [9.17, 15) is 4.79 Å². The molecule has 0 aliphatic rings. The molecule has 2 nitrogen and oxygen atoms in total. The zero-order valence-corrected chi connectivity index (χ0v) is 7.71. The normalized spacial score (nSPS) is 8.09. The van der Waals surface area contributed by atoms with Crippen molar-refractivity contribution < 1.29 is 29.5 Å². The number of hydrogen-bond donors (Lipinski definition) is 0. The monoisotopic (exact) mass is 262 g/mol. The molecular weight excluding hydrogens is 258 g/mol. The third kappa shape index (κ3) is 3.03. The number of rotatable bonds is 1. The molecule has 0 fully saturated rings. The fraction of sp³-hybridized carbons (Fsp3) is 0. The van der Waals surface area contributed by atoms with Crippen LogP contribution in [-0.4, -0.2) is 5.97 Å². The van der Waals surface area contributed by atoms with Gasteiger partial charge in [0.05, 0.1) is 5.56 Å². The van der Waals surface area contributed by atoms with Crippen LogP contribution in [-0.2, 0) is 24.7 Å². The van der Waals surface area contributed by atoms with E-state index in [1.165, 1.54) is 0 Å². The van der Waals surface area contributed by atoms with Gasteiger partial charge in [-0.3, -0.25) is 0 Å². The molecule has 1 aromatic carbocycles. The van der Waals surface area contributed by atoms with Gasteiger partial charge in [0, 0.05) is 20.4 Å². The van der Waals surface area contributed by atoms with Crippen LogP contribution < -0.4 is 0 Å². The van der Waals surface area contributed by atoms with Gasteiger partial charge in [-0.1, -0.05) is 18.2 Å². The van der Waals surface area contributed by atoms with Crippen LogP contribution in [0.1, 0.15) is 10.4 Å². The molecule has 0 bridgehead atoms. The van der Waals surface area contributed by atoms with E-state index in [0.29, 0.717) is 5.56 Å². The smallest absolute Gasteiger partial charge is 0.343 e. The first kappa shape index (κ1) is 10.6. The second-order valence-electron chi connectivity index (χ2n) is 1.73. The number of carbonyl (C=O) groups is 1. The minimum atomic E-state index is -0.526. The third-order valence-corrected chi connectivity index (χ3v) is 1.22. The minimum Gasteiger partial charge on any atom is -0.343 e. The molecule has 0 aliphatic heterocycles. The van der Waals surface area contributed by atoms with E-state index in [1.54, 1.807) is 24.3 Å². The molecule has 1 rings (SSSR count). The van der Waals surface area contributed by atoms with Crippen molar-refractivity contribution in [3.63, 3.8) is 0 Å². The molecule has 62 valence electrons. The fourth-order valence-electron chi connectivity index (χ4n) is 0.619. The van der Waals surface area contributed by atoms with Crippen molar-refractivity contribution in [1.82, 2.24) is 0 Å². The maximum atomic E-state index is 10.7. The van der Waals surface area contributed by atoms with Gasteiger partial charge in [-0.2, -0.15) is 0 Å². The molecule has 0 aliphatic carbocycles. The Morgan fingerprint density at radius 1 is 1.27 bits per heavy atom. The molecule has 0 aromatic heterocycles. The molecule has 4 heteroatoms. The fourth-order valence-corrected chi connectivity index (χ4v) is 0.708. The van der Waals surface area contributed by atoms with Crippen LogP contribution >= 0.6 is 11.9 Å². The van der Waals surface area contributed by atoms with E-state index in [2.05, 4.69) is 4.29 Å². The number of benzene rings is 1. The standard InChI is InChI=1S/C7H5ClO2.Pd/c8-10-7(9)6-4-2-1-3-5-6;/h1-5H;. The predicted molar refractivity (Wildman–Crippen MR) is 37.7 cm³/mol. The summed E-state index contributed by atoms with van der Waals surface area (Å²) in [5, 5.41) is 0. The quantitative estimate of drug-likeness (QED) is 0.724. The van der Waals surface area contributed by atoms with Gasteiger partial charge in [-0.25, -0.2) is 4.79 Å². The van der Waals surface area contributed by atoms with E-state index >= 15 is 0 Å². The zero-order valence-electron chi connectivity index (χ0n) is 5.40. The average molecular weight is 263 g/mol. The largest absolute Gasteiger partial charge is 0.356 e. The van der Waals surface area contributed by atoms with Crippen LogP contribution in [0.3, 0.4) is 0 Å². The Morgan fingerprint density at radius 2 is 1.82 bits per heavy atom. The van der Waals surface area contributed by atoms with Gasteiger partial charge >= 0.3 is 5.97 Å². The predicted octanol–water partition coefficient (Wildman–Crippen LogP) is 1.99. The van der Waals surface area contributed by atoms with E-state index in [-0.39, 0.29) is 20.4 Å². The van der Waals surface area contributed by atoms with Crippen molar-refractivity contribution in [3.8, 4) is 0 Å². The molecule has 0 heterocycles. The van der Waals surface area contributed by atoms with Crippen LogP contribution in [0.4, 0.5) is 0 Å². The Hall–Kier alpha value is -0.358. The van der Waals surface area contributed by atoms with Crippen molar-refractivity contribution in [2.45, 2.75) is 0 Å². The van der Waals surface area contributed by atoms with Crippen molar-refractivity contribution >= 4 is 17.8 Å². The molecule has 1 aromatic rings. The summed E-state index contributed by atoms with van der Waals surface area (Å²) in [6, 6.07) is 8.55. The zero-order chi connectivity index (χ0) is 7.40. The van der Waals surface area contributed by atoms with Crippen LogP contribution in [0.2, 0.25) is 0 Å². The first-order chi connectivity index (χ1) is 4.84. The van der Waals surface area contributed by atoms with Gasteiger partial charge in [0.25, 0.3) is 0 Å². The average Bonchev–Trinajstić information content (AvgIpc) is 2.05. The summed E-state index contributed by atoms with van der Waals surface area (Å²) < 4.78 is 3.97. The first-order valence-electron chi connectivity index (χ1n) is 2.72. The number of carbonyl (C=O) groups excluding carboxylic acids is 1. The topological polar surface area (TPSA) is 26.3 Å². The van der Waals surface area contributed by atoms with E-state index in [0.717, 1.165) is 0 Å². The molecule has 11 heavy (non-hydrogen) atoms. The van der Waals surface area contributed by atoms with Crippen LogP contribution in [0.15, 0.2) is 30.3 Å². The summed E-state index contributed by atoms with van der Waals surface area (Å²) in [5.74, 6) is -0.526. The first-order valence-corrected chi connectivity index (χ1v) is 3.03. The Kier molecular flexibility index (Phi) is 5.14. The van der Waals surface area contributed by atoms with Gasteiger partial charge in [0.15, 0.2) is 0 Å². The molecule has 0 radical (unpaired) electrons. The van der Waals surface area contributed by atoms with E-state index in [4.69, 9.17) is 11.9 Å². The van der Waals surface area contributed by atoms with E-state index in [1.807, 2.05) is 6.07 Å². The van der Waals surface area contributed by atoms with Gasteiger partial charge in [0.2, 0.25) is 0 Å². The Morgan fingerprint density at radius 3 is 2.27 bits per heavy atom. The molecule has 0 spiro atoms. The van der Waals surface area contributed by atoms with E-state index < -0.39 is 5.97 Å². The van der Waals surface area contributed by atoms with Crippen molar-refractivity contribution in [2.24, 2.45) is 0 Å². The maximum absolute atomic E-state index is 10.7. The Balaban J connectivity index is 0.000001000. The summed E-state index contributed by atoms with van der Waals surface area (Å²) in [6.07, 6.45) is 0. The van der Waals surface area contributed by atoms with Crippen molar-refractivity contribution in [1.29, 1.82) is 0 Å². The van der Waals surface area contributed by atoms with Gasteiger partial charge < -0.3 is 4.29 Å². The van der Waals surface area contributed by atoms with Gasteiger partial charge in [-0.05, 0) is 12.1 Å². The van der Waals surface area contributed by atoms with Gasteiger partial charge in [-0.15, -0.1) is 0 Å². The van der Waals surface area contributed by atoms with Crippen molar-refractivity contribution in [2.75, 3.05) is 0 Å². The Labute approximate surface area is 83.3 Å². The summed E-state index contributed by atoms with van der Waals surface area (Å²) in [7, 11) is 0. The SMILES string of the molecule is O=C(OCl)c1ccccc1.[Pd]. The second kappa shape index (κ2) is 5.31. The molecule has 0 saturated carbocycles. The second-order valence-corrected chi connectivity index (χ2v) is 1.88. The van der Waals surface area contributed by atoms with Gasteiger partial charge in [0.1, 0.15) is 11.9 Å². The minimum absolute atomic E-state index is 0. The van der Waals surface area contributed by atoms with Crippen LogP contribution in [0, 0.1) is 0 Å². The Bertz CT molecular complexity index is 225. The molecule has 0 amide bonds. The summed E-state index contributed by atoms with van der Waals surface area (Å²) in [5.41, 5.74) is 0.456.